The number of fused-ring (bicyclic) bond motifs is 1. The van der Waals surface area contributed by atoms with Crippen molar-refractivity contribution >= 4 is 28.9 Å². The number of hydrogen-bond donors (Lipinski definition) is 0. The summed E-state index contributed by atoms with van der Waals surface area (Å²) in [6.45, 7) is 9.21. The highest BCUT2D eigenvalue weighted by molar-refractivity contribution is 6.34. The first-order chi connectivity index (χ1) is 12.4. The third kappa shape index (κ3) is 3.24. The molecule has 2 aromatic rings. The summed E-state index contributed by atoms with van der Waals surface area (Å²) in [5.41, 5.74) is 4.53. The van der Waals surface area contributed by atoms with Gasteiger partial charge in [0, 0.05) is 33.4 Å². The summed E-state index contributed by atoms with van der Waals surface area (Å²) in [5, 5.41) is 1.31. The van der Waals surface area contributed by atoms with Gasteiger partial charge in [0.2, 0.25) is 0 Å². The average Bonchev–Trinajstić information content (AvgIpc) is 2.82. The predicted octanol–water partition coefficient (Wildman–Crippen LogP) is 6.41. The topological polar surface area (TPSA) is 12.5 Å². The normalized spacial score (nSPS) is 20.3. The maximum atomic E-state index is 6.24. The molecule has 0 aromatic heterocycles. The number of allylic oxidation sites excluding steroid dienone is 3. The van der Waals surface area contributed by atoms with Crippen molar-refractivity contribution in [3.63, 3.8) is 0 Å². The summed E-state index contributed by atoms with van der Waals surface area (Å²) in [6, 6.07) is 12.0. The van der Waals surface area contributed by atoms with Crippen LogP contribution in [0.1, 0.15) is 25.0 Å². The molecule has 0 saturated carbocycles. The molecular weight excluding hydrogens is 365 g/mol. The molecule has 0 aliphatic carbocycles. The SMILES string of the molecule is C=C/C=C1\N(CC)c2ccc(OC)cc2C1(C)Cc1cc(Cl)cc(Cl)c1. The van der Waals surface area contributed by atoms with Gasteiger partial charge in [0.15, 0.2) is 0 Å². The summed E-state index contributed by atoms with van der Waals surface area (Å²) in [5.74, 6) is 0.856. The van der Waals surface area contributed by atoms with E-state index in [1.54, 1.807) is 13.2 Å². The number of ether oxygens (including phenoxy) is 1. The summed E-state index contributed by atoms with van der Waals surface area (Å²) >= 11 is 12.5. The second kappa shape index (κ2) is 7.38. The van der Waals surface area contributed by atoms with Crippen molar-refractivity contribution in [2.45, 2.75) is 25.7 Å². The second-order valence-corrected chi connectivity index (χ2v) is 7.57. The quantitative estimate of drug-likeness (QED) is 0.587. The van der Waals surface area contributed by atoms with Crippen LogP contribution in [0.3, 0.4) is 0 Å². The van der Waals surface area contributed by atoms with Crippen molar-refractivity contribution in [1.29, 1.82) is 0 Å². The molecule has 0 spiro atoms. The Morgan fingerprint density at radius 3 is 2.42 bits per heavy atom. The van der Waals surface area contributed by atoms with Crippen molar-refractivity contribution in [1.82, 2.24) is 0 Å². The van der Waals surface area contributed by atoms with E-state index in [1.807, 2.05) is 24.3 Å². The summed E-state index contributed by atoms with van der Waals surface area (Å²) in [7, 11) is 1.70. The molecular formula is C22H23Cl2NO. The Morgan fingerprint density at radius 2 is 1.85 bits per heavy atom. The van der Waals surface area contributed by atoms with Crippen molar-refractivity contribution in [2.24, 2.45) is 0 Å². The highest BCUT2D eigenvalue weighted by Gasteiger charge is 2.43. The van der Waals surface area contributed by atoms with E-state index < -0.39 is 0 Å². The Bertz CT molecular complexity index is 854. The maximum Gasteiger partial charge on any atom is 0.119 e. The lowest BCUT2D eigenvalue weighted by atomic mass is 9.76. The van der Waals surface area contributed by atoms with E-state index in [0.717, 1.165) is 24.3 Å². The summed E-state index contributed by atoms with van der Waals surface area (Å²) < 4.78 is 5.48. The van der Waals surface area contributed by atoms with Crippen molar-refractivity contribution in [2.75, 3.05) is 18.6 Å². The van der Waals surface area contributed by atoms with Crippen LogP contribution in [0.4, 0.5) is 5.69 Å². The first-order valence-corrected chi connectivity index (χ1v) is 9.42. The monoisotopic (exact) mass is 387 g/mol. The molecule has 3 rings (SSSR count). The molecule has 0 saturated heterocycles. The van der Waals surface area contributed by atoms with Crippen LogP contribution in [0.25, 0.3) is 0 Å². The van der Waals surface area contributed by atoms with Gasteiger partial charge in [-0.1, -0.05) is 35.9 Å². The van der Waals surface area contributed by atoms with Gasteiger partial charge in [-0.05, 0) is 73.9 Å². The molecule has 2 nitrogen and oxygen atoms in total. The Hall–Kier alpha value is -1.90. The fourth-order valence-corrected chi connectivity index (χ4v) is 4.49. The zero-order valence-electron chi connectivity index (χ0n) is 15.4. The first kappa shape index (κ1) is 18.9. The molecule has 0 amide bonds. The molecule has 1 unspecified atom stereocenters. The van der Waals surface area contributed by atoms with E-state index in [0.29, 0.717) is 10.0 Å². The lowest BCUT2D eigenvalue weighted by Gasteiger charge is -2.30. The standard InChI is InChI=1S/C22H23Cl2NO/c1-5-7-21-22(3,14-15-10-16(23)12-17(24)11-15)19-13-18(26-4)8-9-20(19)25(21)6-2/h5,7-13H,1,6,14H2,2-4H3/b21-7-. The Balaban J connectivity index is 2.18. The number of hydrogen-bond acceptors (Lipinski definition) is 2. The molecule has 1 heterocycles. The third-order valence-corrected chi connectivity index (χ3v) is 5.45. The molecule has 26 heavy (non-hydrogen) atoms. The van der Waals surface area contributed by atoms with Crippen LogP contribution in [-0.2, 0) is 11.8 Å². The molecule has 4 heteroatoms. The van der Waals surface area contributed by atoms with Gasteiger partial charge in [0.1, 0.15) is 5.75 Å². The molecule has 1 atom stereocenters. The van der Waals surface area contributed by atoms with Crippen molar-refractivity contribution in [3.8, 4) is 5.75 Å². The number of anilines is 1. The average molecular weight is 388 g/mol. The molecule has 0 radical (unpaired) electrons. The van der Waals surface area contributed by atoms with Crippen molar-refractivity contribution in [3.05, 3.63) is 82.0 Å². The maximum absolute atomic E-state index is 6.24. The number of nitrogens with zero attached hydrogens (tertiary/aromatic N) is 1. The van der Waals surface area contributed by atoms with Gasteiger partial charge >= 0.3 is 0 Å². The third-order valence-electron chi connectivity index (χ3n) is 5.02. The van der Waals surface area contributed by atoms with Crippen molar-refractivity contribution < 1.29 is 4.74 Å². The van der Waals surface area contributed by atoms with E-state index >= 15 is 0 Å². The smallest absolute Gasteiger partial charge is 0.119 e. The molecule has 1 aliphatic rings. The zero-order valence-corrected chi connectivity index (χ0v) is 16.9. The highest BCUT2D eigenvalue weighted by atomic mass is 35.5. The van der Waals surface area contributed by atoms with Gasteiger partial charge in [-0.3, -0.25) is 0 Å². The largest absolute Gasteiger partial charge is 0.497 e. The van der Waals surface area contributed by atoms with E-state index in [9.17, 15) is 0 Å². The van der Waals surface area contributed by atoms with Gasteiger partial charge in [-0.2, -0.15) is 0 Å². The molecule has 2 aromatic carbocycles. The lowest BCUT2D eigenvalue weighted by Crippen LogP contribution is -2.30. The summed E-state index contributed by atoms with van der Waals surface area (Å²) in [4.78, 5) is 2.34. The van der Waals surface area contributed by atoms with E-state index in [-0.39, 0.29) is 5.41 Å². The minimum Gasteiger partial charge on any atom is -0.497 e. The van der Waals surface area contributed by atoms with Crippen LogP contribution in [0.5, 0.6) is 5.75 Å². The number of likely N-dealkylation sites (N-methyl/N-ethyl adjacent to an activating group) is 1. The molecule has 0 N–H and O–H groups in total. The molecule has 0 bridgehead atoms. The number of rotatable bonds is 5. The van der Waals surface area contributed by atoms with Crippen LogP contribution < -0.4 is 9.64 Å². The minimum atomic E-state index is -0.234. The van der Waals surface area contributed by atoms with E-state index in [4.69, 9.17) is 27.9 Å². The zero-order chi connectivity index (χ0) is 18.9. The van der Waals surface area contributed by atoms with E-state index in [1.165, 1.54) is 16.9 Å². The van der Waals surface area contributed by atoms with Crippen LogP contribution in [0.2, 0.25) is 10.0 Å². The van der Waals surface area contributed by atoms with Gasteiger partial charge < -0.3 is 9.64 Å². The van der Waals surface area contributed by atoms with Gasteiger partial charge in [-0.15, -0.1) is 0 Å². The van der Waals surface area contributed by atoms with Gasteiger partial charge in [0.25, 0.3) is 0 Å². The van der Waals surface area contributed by atoms with E-state index in [2.05, 4.69) is 43.5 Å². The Kier molecular flexibility index (Phi) is 5.36. The van der Waals surface area contributed by atoms with Crippen LogP contribution in [-0.4, -0.2) is 13.7 Å². The van der Waals surface area contributed by atoms with Crippen LogP contribution >= 0.6 is 23.2 Å². The van der Waals surface area contributed by atoms with Crippen LogP contribution in [0, 0.1) is 0 Å². The minimum absolute atomic E-state index is 0.234. The molecule has 0 fully saturated rings. The second-order valence-electron chi connectivity index (χ2n) is 6.70. The first-order valence-electron chi connectivity index (χ1n) is 8.67. The van der Waals surface area contributed by atoms with Crippen LogP contribution in [0.15, 0.2) is 60.8 Å². The molecule has 1 aliphatic heterocycles. The fourth-order valence-electron chi connectivity index (χ4n) is 3.92. The van der Waals surface area contributed by atoms with Gasteiger partial charge in [0.05, 0.1) is 7.11 Å². The number of benzene rings is 2. The fraction of sp³-hybridized carbons (Fsp3) is 0.273. The Labute approximate surface area is 165 Å². The molecule has 136 valence electrons. The lowest BCUT2D eigenvalue weighted by molar-refractivity contribution is 0.413. The predicted molar refractivity (Wildman–Crippen MR) is 112 cm³/mol. The number of halogens is 2. The Morgan fingerprint density at radius 1 is 1.15 bits per heavy atom. The number of methoxy groups -OCH3 is 1. The summed E-state index contributed by atoms with van der Waals surface area (Å²) in [6.07, 6.45) is 4.73. The van der Waals surface area contributed by atoms with Gasteiger partial charge in [-0.25, -0.2) is 0 Å². The highest BCUT2D eigenvalue weighted by Crippen LogP contribution is 2.50.